The number of hydrogen-bond acceptors (Lipinski definition) is 2. The third kappa shape index (κ3) is 3.09. The molecule has 0 saturated heterocycles. The van der Waals surface area contributed by atoms with Crippen LogP contribution in [0.1, 0.15) is 52.0 Å². The fourth-order valence-corrected chi connectivity index (χ4v) is 2.94. The van der Waals surface area contributed by atoms with Gasteiger partial charge in [-0.25, -0.2) is 0 Å². The third-order valence-corrected chi connectivity index (χ3v) is 4.02. The number of nitrogens with one attached hydrogen (secondary N) is 1. The minimum Gasteiger partial charge on any atom is -0.312 e. The first-order valence-corrected chi connectivity index (χ1v) is 7.07. The van der Waals surface area contributed by atoms with Crippen LogP contribution in [-0.4, -0.2) is 22.4 Å². The first-order chi connectivity index (χ1) is 8.35. The molecule has 0 aliphatic heterocycles. The van der Waals surface area contributed by atoms with Crippen LogP contribution in [0, 0.1) is 5.92 Å². The van der Waals surface area contributed by atoms with Crippen molar-refractivity contribution in [3.8, 4) is 0 Å². The fourth-order valence-electron chi connectivity index (χ4n) is 2.94. The van der Waals surface area contributed by atoms with Gasteiger partial charge in [0.25, 0.3) is 0 Å². The molecule has 1 aliphatic rings. The molecule has 1 fully saturated rings. The lowest BCUT2D eigenvalue weighted by molar-refractivity contribution is 0.191. The molecule has 0 spiro atoms. The van der Waals surface area contributed by atoms with E-state index in [1.165, 1.54) is 32.1 Å². The van der Waals surface area contributed by atoms with Crippen molar-refractivity contribution in [2.45, 2.75) is 58.0 Å². The van der Waals surface area contributed by atoms with Crippen molar-refractivity contribution in [1.82, 2.24) is 15.1 Å². The predicted molar refractivity (Wildman–Crippen MR) is 71.0 cm³/mol. The first kappa shape index (κ1) is 12.6. The Balaban J connectivity index is 2.04. The molecule has 96 valence electrons. The van der Waals surface area contributed by atoms with E-state index in [2.05, 4.69) is 35.1 Å². The molecule has 1 heterocycles. The summed E-state index contributed by atoms with van der Waals surface area (Å²) in [6.07, 6.45) is 10.5. The Labute approximate surface area is 105 Å². The van der Waals surface area contributed by atoms with Gasteiger partial charge in [0.15, 0.2) is 0 Å². The van der Waals surface area contributed by atoms with Crippen molar-refractivity contribution in [3.05, 3.63) is 18.5 Å². The maximum Gasteiger partial charge on any atom is 0.0674 e. The molecule has 1 aromatic rings. The Morgan fingerprint density at radius 1 is 1.35 bits per heavy atom. The second kappa shape index (κ2) is 6.20. The van der Waals surface area contributed by atoms with Gasteiger partial charge < -0.3 is 5.32 Å². The SMILES string of the molecule is CCCNC1CCC(CC)CC1n1cccn1. The van der Waals surface area contributed by atoms with Crippen molar-refractivity contribution in [2.24, 2.45) is 5.92 Å². The molecule has 1 aromatic heterocycles. The Hall–Kier alpha value is -0.830. The summed E-state index contributed by atoms with van der Waals surface area (Å²) in [4.78, 5) is 0. The Kier molecular flexibility index (Phi) is 4.60. The molecule has 0 bridgehead atoms. The van der Waals surface area contributed by atoms with Gasteiger partial charge in [-0.05, 0) is 44.2 Å². The molecule has 3 heteroatoms. The molecule has 1 aliphatic carbocycles. The van der Waals surface area contributed by atoms with E-state index in [0.717, 1.165) is 12.5 Å². The summed E-state index contributed by atoms with van der Waals surface area (Å²) in [7, 11) is 0. The second-order valence-electron chi connectivity index (χ2n) is 5.20. The first-order valence-electron chi connectivity index (χ1n) is 7.07. The van der Waals surface area contributed by atoms with Gasteiger partial charge in [-0.1, -0.05) is 20.3 Å². The molecule has 1 N–H and O–H groups in total. The van der Waals surface area contributed by atoms with Crippen LogP contribution in [0.25, 0.3) is 0 Å². The number of aromatic nitrogens is 2. The molecule has 3 atom stereocenters. The molecule has 0 amide bonds. The van der Waals surface area contributed by atoms with Crippen molar-refractivity contribution in [3.63, 3.8) is 0 Å². The quantitative estimate of drug-likeness (QED) is 0.850. The summed E-state index contributed by atoms with van der Waals surface area (Å²) in [6.45, 7) is 5.66. The summed E-state index contributed by atoms with van der Waals surface area (Å²) in [6, 6.07) is 3.19. The molecule has 17 heavy (non-hydrogen) atoms. The molecular formula is C14H25N3. The van der Waals surface area contributed by atoms with Crippen LogP contribution >= 0.6 is 0 Å². The van der Waals surface area contributed by atoms with Gasteiger partial charge in [-0.3, -0.25) is 4.68 Å². The highest BCUT2D eigenvalue weighted by Crippen LogP contribution is 2.34. The van der Waals surface area contributed by atoms with Gasteiger partial charge in [0, 0.05) is 18.4 Å². The van der Waals surface area contributed by atoms with Gasteiger partial charge >= 0.3 is 0 Å². The standard InChI is InChI=1S/C14H25N3/c1-3-8-15-13-7-6-12(4-2)11-14(13)17-10-5-9-16-17/h5,9-10,12-15H,3-4,6-8,11H2,1-2H3. The van der Waals surface area contributed by atoms with E-state index < -0.39 is 0 Å². The molecule has 3 nitrogen and oxygen atoms in total. The Morgan fingerprint density at radius 3 is 2.88 bits per heavy atom. The summed E-state index contributed by atoms with van der Waals surface area (Å²) in [5.74, 6) is 0.879. The number of rotatable bonds is 5. The lowest BCUT2D eigenvalue weighted by Gasteiger charge is -2.36. The van der Waals surface area contributed by atoms with Crippen molar-refractivity contribution < 1.29 is 0 Å². The number of hydrogen-bond donors (Lipinski definition) is 1. The topological polar surface area (TPSA) is 29.9 Å². The molecule has 0 radical (unpaired) electrons. The van der Waals surface area contributed by atoms with Crippen LogP contribution < -0.4 is 5.32 Å². The number of nitrogens with zero attached hydrogens (tertiary/aromatic N) is 2. The highest BCUT2D eigenvalue weighted by molar-refractivity contribution is 4.91. The maximum absolute atomic E-state index is 4.44. The van der Waals surface area contributed by atoms with Gasteiger partial charge in [-0.15, -0.1) is 0 Å². The molecule has 1 saturated carbocycles. The van der Waals surface area contributed by atoms with Gasteiger partial charge in [0.05, 0.1) is 6.04 Å². The Bertz CT molecular complexity index is 307. The molecular weight excluding hydrogens is 210 g/mol. The fraction of sp³-hybridized carbons (Fsp3) is 0.786. The molecule has 3 unspecified atom stereocenters. The normalized spacial score (nSPS) is 29.4. The van der Waals surface area contributed by atoms with Gasteiger partial charge in [0.2, 0.25) is 0 Å². The van der Waals surface area contributed by atoms with Gasteiger partial charge in [0.1, 0.15) is 0 Å². The van der Waals surface area contributed by atoms with Crippen molar-refractivity contribution in [1.29, 1.82) is 0 Å². The van der Waals surface area contributed by atoms with Crippen LogP contribution in [0.2, 0.25) is 0 Å². The predicted octanol–water partition coefficient (Wildman–Crippen LogP) is 3.00. The second-order valence-corrected chi connectivity index (χ2v) is 5.20. The zero-order valence-electron chi connectivity index (χ0n) is 11.1. The van der Waals surface area contributed by atoms with E-state index in [1.807, 2.05) is 12.3 Å². The van der Waals surface area contributed by atoms with E-state index >= 15 is 0 Å². The van der Waals surface area contributed by atoms with E-state index in [1.54, 1.807) is 0 Å². The minimum atomic E-state index is 0.551. The van der Waals surface area contributed by atoms with Gasteiger partial charge in [-0.2, -0.15) is 5.10 Å². The largest absolute Gasteiger partial charge is 0.312 e. The summed E-state index contributed by atoms with van der Waals surface area (Å²) < 4.78 is 2.16. The Morgan fingerprint density at radius 2 is 2.24 bits per heavy atom. The van der Waals surface area contributed by atoms with Crippen LogP contribution in [0.4, 0.5) is 0 Å². The lowest BCUT2D eigenvalue weighted by atomic mass is 9.81. The van der Waals surface area contributed by atoms with Crippen LogP contribution in [0.3, 0.4) is 0 Å². The maximum atomic E-state index is 4.44. The van der Waals surface area contributed by atoms with Crippen molar-refractivity contribution in [2.75, 3.05) is 6.54 Å². The van der Waals surface area contributed by atoms with Crippen LogP contribution in [0.15, 0.2) is 18.5 Å². The van der Waals surface area contributed by atoms with E-state index in [9.17, 15) is 0 Å². The van der Waals surface area contributed by atoms with E-state index in [-0.39, 0.29) is 0 Å². The highest BCUT2D eigenvalue weighted by Gasteiger charge is 2.30. The van der Waals surface area contributed by atoms with Crippen molar-refractivity contribution >= 4 is 0 Å². The minimum absolute atomic E-state index is 0.551. The molecule has 0 aromatic carbocycles. The smallest absolute Gasteiger partial charge is 0.0674 e. The summed E-state index contributed by atoms with van der Waals surface area (Å²) >= 11 is 0. The highest BCUT2D eigenvalue weighted by atomic mass is 15.3. The summed E-state index contributed by atoms with van der Waals surface area (Å²) in [5, 5.41) is 8.14. The van der Waals surface area contributed by atoms with E-state index in [4.69, 9.17) is 0 Å². The van der Waals surface area contributed by atoms with Crippen LogP contribution in [-0.2, 0) is 0 Å². The average molecular weight is 235 g/mol. The van der Waals surface area contributed by atoms with Crippen LogP contribution in [0.5, 0.6) is 0 Å². The molecule has 2 rings (SSSR count). The zero-order chi connectivity index (χ0) is 12.1. The average Bonchev–Trinajstić information content (AvgIpc) is 2.90. The van der Waals surface area contributed by atoms with E-state index in [0.29, 0.717) is 12.1 Å². The lowest BCUT2D eigenvalue weighted by Crippen LogP contribution is -2.42. The third-order valence-electron chi connectivity index (χ3n) is 4.02. The zero-order valence-corrected chi connectivity index (χ0v) is 11.1. The monoisotopic (exact) mass is 235 g/mol. The summed E-state index contributed by atoms with van der Waals surface area (Å²) in [5.41, 5.74) is 0.